The first kappa shape index (κ1) is 21.7. The molecule has 0 aliphatic carbocycles. The topological polar surface area (TPSA) is 93.2 Å². The molecule has 0 saturated carbocycles. The summed E-state index contributed by atoms with van der Waals surface area (Å²) in [5, 5.41) is 7.75. The van der Waals surface area contributed by atoms with Crippen molar-refractivity contribution in [1.29, 1.82) is 0 Å². The van der Waals surface area contributed by atoms with E-state index in [1.165, 1.54) is 12.1 Å². The average Bonchev–Trinajstić information content (AvgIpc) is 3.21. The zero-order chi connectivity index (χ0) is 22.7. The fraction of sp³-hybridized carbons (Fsp3) is 0.292. The van der Waals surface area contributed by atoms with Crippen molar-refractivity contribution < 1.29 is 14.0 Å². The third kappa shape index (κ3) is 5.03. The molecule has 166 valence electrons. The van der Waals surface area contributed by atoms with E-state index in [4.69, 9.17) is 5.73 Å². The van der Waals surface area contributed by atoms with Gasteiger partial charge in [0.1, 0.15) is 11.5 Å². The summed E-state index contributed by atoms with van der Waals surface area (Å²) < 4.78 is 14.9. The number of aromatic nitrogens is 2. The van der Waals surface area contributed by atoms with E-state index in [0.717, 1.165) is 24.0 Å². The molecule has 2 amide bonds. The van der Waals surface area contributed by atoms with Gasteiger partial charge in [0.2, 0.25) is 5.91 Å². The monoisotopic (exact) mass is 435 g/mol. The van der Waals surface area contributed by atoms with E-state index < -0.39 is 0 Å². The van der Waals surface area contributed by atoms with E-state index in [0.29, 0.717) is 30.0 Å². The number of nitrogens with zero attached hydrogens (tertiary/aromatic N) is 3. The van der Waals surface area contributed by atoms with Gasteiger partial charge in [-0.15, -0.1) is 0 Å². The Kier molecular flexibility index (Phi) is 6.32. The zero-order valence-electron chi connectivity index (χ0n) is 17.9. The fourth-order valence-corrected chi connectivity index (χ4v) is 3.91. The molecule has 0 unspecified atom stereocenters. The van der Waals surface area contributed by atoms with Crippen molar-refractivity contribution in [2.45, 2.75) is 25.8 Å². The van der Waals surface area contributed by atoms with Gasteiger partial charge in [0.05, 0.1) is 17.8 Å². The average molecular weight is 436 g/mol. The summed E-state index contributed by atoms with van der Waals surface area (Å²) >= 11 is 0. The van der Waals surface area contributed by atoms with Gasteiger partial charge in [0.15, 0.2) is 0 Å². The Labute approximate surface area is 186 Å². The van der Waals surface area contributed by atoms with Gasteiger partial charge in [-0.05, 0) is 44.0 Å². The normalized spacial score (nSPS) is 14.9. The number of carbonyl (C=O) groups excluding carboxylic acids is 2. The van der Waals surface area contributed by atoms with Crippen LogP contribution in [0.1, 0.15) is 28.8 Å². The highest BCUT2D eigenvalue weighted by molar-refractivity contribution is 6.00. The fourth-order valence-electron chi connectivity index (χ4n) is 3.91. The number of primary amides is 1. The first-order valence-corrected chi connectivity index (χ1v) is 10.6. The van der Waals surface area contributed by atoms with Crippen LogP contribution in [0.4, 0.5) is 4.39 Å². The molecule has 1 aliphatic rings. The molecule has 0 radical (unpaired) electrons. The minimum atomic E-state index is -0.344. The van der Waals surface area contributed by atoms with E-state index in [1.54, 1.807) is 23.0 Å². The highest BCUT2D eigenvalue weighted by atomic mass is 19.1. The third-order valence-electron chi connectivity index (χ3n) is 5.68. The van der Waals surface area contributed by atoms with Gasteiger partial charge >= 0.3 is 0 Å². The van der Waals surface area contributed by atoms with E-state index in [1.807, 2.05) is 36.1 Å². The molecule has 32 heavy (non-hydrogen) atoms. The summed E-state index contributed by atoms with van der Waals surface area (Å²) in [5.41, 5.74) is 8.91. The number of hydrogen-bond donors (Lipinski definition) is 2. The van der Waals surface area contributed by atoms with Crippen LogP contribution in [0.15, 0.2) is 54.7 Å². The molecule has 0 atom stereocenters. The van der Waals surface area contributed by atoms with Crippen LogP contribution in [0.3, 0.4) is 0 Å². The van der Waals surface area contributed by atoms with Crippen LogP contribution in [-0.2, 0) is 4.79 Å². The number of aryl methyl sites for hydroxylation is 1. The summed E-state index contributed by atoms with van der Waals surface area (Å²) in [4.78, 5) is 26.3. The molecular formula is C24H26FN5O2. The van der Waals surface area contributed by atoms with Crippen LogP contribution in [0.2, 0.25) is 0 Å². The van der Waals surface area contributed by atoms with Crippen LogP contribution in [0.5, 0.6) is 0 Å². The van der Waals surface area contributed by atoms with Crippen LogP contribution in [-0.4, -0.2) is 52.2 Å². The SMILES string of the molecule is Cc1ccc(-c2nn(-c3ccc(F)cc3)cc2C(=O)NC2CCN(CC(N)=O)CC2)cc1. The number of benzene rings is 2. The largest absolute Gasteiger partial charge is 0.369 e. The molecule has 1 fully saturated rings. The minimum absolute atomic E-state index is 0.00617. The summed E-state index contributed by atoms with van der Waals surface area (Å²) in [7, 11) is 0. The highest BCUT2D eigenvalue weighted by Crippen LogP contribution is 2.25. The van der Waals surface area contributed by atoms with E-state index in [-0.39, 0.29) is 30.2 Å². The van der Waals surface area contributed by atoms with Crippen molar-refractivity contribution in [2.24, 2.45) is 5.73 Å². The van der Waals surface area contributed by atoms with E-state index in [2.05, 4.69) is 10.4 Å². The first-order valence-electron chi connectivity index (χ1n) is 10.6. The van der Waals surface area contributed by atoms with Crippen molar-refractivity contribution in [3.8, 4) is 16.9 Å². The molecule has 1 aliphatic heterocycles. The summed E-state index contributed by atoms with van der Waals surface area (Å²) in [6, 6.07) is 13.8. The van der Waals surface area contributed by atoms with Crippen LogP contribution in [0, 0.1) is 12.7 Å². The number of likely N-dealkylation sites (tertiary alicyclic amines) is 1. The van der Waals surface area contributed by atoms with Gasteiger partial charge in [-0.1, -0.05) is 29.8 Å². The van der Waals surface area contributed by atoms with Crippen LogP contribution < -0.4 is 11.1 Å². The molecule has 3 N–H and O–H groups in total. The lowest BCUT2D eigenvalue weighted by Crippen LogP contribution is -2.46. The molecule has 7 nitrogen and oxygen atoms in total. The number of piperidine rings is 1. The Morgan fingerprint density at radius 3 is 2.38 bits per heavy atom. The van der Waals surface area contributed by atoms with Crippen molar-refractivity contribution in [1.82, 2.24) is 20.0 Å². The molecule has 2 aromatic carbocycles. The molecule has 0 spiro atoms. The predicted molar refractivity (Wildman–Crippen MR) is 120 cm³/mol. The maximum absolute atomic E-state index is 13.4. The Bertz CT molecular complexity index is 1100. The van der Waals surface area contributed by atoms with Crippen LogP contribution in [0.25, 0.3) is 16.9 Å². The second-order valence-electron chi connectivity index (χ2n) is 8.17. The molecule has 0 bridgehead atoms. The second-order valence-corrected chi connectivity index (χ2v) is 8.17. The Hall–Kier alpha value is -3.52. The maximum atomic E-state index is 13.4. The quantitative estimate of drug-likeness (QED) is 0.623. The van der Waals surface area contributed by atoms with E-state index in [9.17, 15) is 14.0 Å². The molecule has 1 saturated heterocycles. The Balaban J connectivity index is 1.57. The van der Waals surface area contributed by atoms with Gasteiger partial charge in [0, 0.05) is 30.9 Å². The lowest BCUT2D eigenvalue weighted by molar-refractivity contribution is -0.119. The van der Waals surface area contributed by atoms with Crippen molar-refractivity contribution in [3.63, 3.8) is 0 Å². The Morgan fingerprint density at radius 2 is 1.75 bits per heavy atom. The number of halogens is 1. The second kappa shape index (κ2) is 9.32. The molecule has 8 heteroatoms. The summed E-state index contributed by atoms with van der Waals surface area (Å²) in [6.45, 7) is 3.64. The zero-order valence-corrected chi connectivity index (χ0v) is 17.9. The molecule has 3 aromatic rings. The standard InChI is InChI=1S/C24H26FN5O2/c1-16-2-4-17(5-3-16)23-21(14-30(28-23)20-8-6-18(25)7-9-20)24(32)27-19-10-12-29(13-11-19)15-22(26)31/h2-9,14,19H,10-13,15H2,1H3,(H2,26,31)(H,27,32). The Morgan fingerprint density at radius 1 is 1.09 bits per heavy atom. The third-order valence-corrected chi connectivity index (χ3v) is 5.68. The van der Waals surface area contributed by atoms with Crippen molar-refractivity contribution in [3.05, 3.63) is 71.7 Å². The van der Waals surface area contributed by atoms with Gasteiger partial charge in [0.25, 0.3) is 5.91 Å². The molecular weight excluding hydrogens is 409 g/mol. The highest BCUT2D eigenvalue weighted by Gasteiger charge is 2.25. The lowest BCUT2D eigenvalue weighted by atomic mass is 10.0. The lowest BCUT2D eigenvalue weighted by Gasteiger charge is -2.31. The minimum Gasteiger partial charge on any atom is -0.369 e. The van der Waals surface area contributed by atoms with Gasteiger partial charge in [-0.3, -0.25) is 14.5 Å². The molecule has 4 rings (SSSR count). The van der Waals surface area contributed by atoms with Crippen molar-refractivity contribution >= 4 is 11.8 Å². The van der Waals surface area contributed by atoms with Gasteiger partial charge in [-0.2, -0.15) is 5.10 Å². The van der Waals surface area contributed by atoms with E-state index >= 15 is 0 Å². The van der Waals surface area contributed by atoms with Crippen molar-refractivity contribution in [2.75, 3.05) is 19.6 Å². The van der Waals surface area contributed by atoms with Gasteiger partial charge < -0.3 is 11.1 Å². The number of hydrogen-bond acceptors (Lipinski definition) is 4. The predicted octanol–water partition coefficient (Wildman–Crippen LogP) is 2.67. The number of carbonyl (C=O) groups is 2. The summed E-state index contributed by atoms with van der Waals surface area (Å²) in [6.07, 6.45) is 3.16. The maximum Gasteiger partial charge on any atom is 0.255 e. The number of nitrogens with two attached hydrogens (primary N) is 1. The smallest absolute Gasteiger partial charge is 0.255 e. The molecule has 2 heterocycles. The molecule has 1 aromatic heterocycles. The number of nitrogens with one attached hydrogen (secondary N) is 1. The number of rotatable bonds is 6. The van der Waals surface area contributed by atoms with Gasteiger partial charge in [-0.25, -0.2) is 9.07 Å². The first-order chi connectivity index (χ1) is 15.4. The summed E-state index contributed by atoms with van der Waals surface area (Å²) in [5.74, 6) is -0.883. The van der Waals surface area contributed by atoms with Crippen LogP contribution >= 0.6 is 0 Å². The number of amides is 2.